The average molecular weight is 265 g/mol. The smallest absolute Gasteiger partial charge is 0.127 e. The summed E-state index contributed by atoms with van der Waals surface area (Å²) >= 11 is 0. The van der Waals surface area contributed by atoms with Crippen molar-refractivity contribution in [2.75, 3.05) is 0 Å². The quantitative estimate of drug-likeness (QED) is 0.784. The van der Waals surface area contributed by atoms with E-state index < -0.39 is 0 Å². The maximum atomic E-state index is 13.4. The summed E-state index contributed by atoms with van der Waals surface area (Å²) in [6.07, 6.45) is 2.67. The molecule has 4 heteroatoms. The predicted molar refractivity (Wildman–Crippen MR) is 70.5 cm³/mol. The number of ether oxygens (including phenoxy) is 2. The Hall–Kier alpha value is -1.13. The zero-order valence-electron chi connectivity index (χ0n) is 11.4. The van der Waals surface area contributed by atoms with Gasteiger partial charge in [-0.05, 0) is 19.9 Å². The van der Waals surface area contributed by atoms with Crippen LogP contribution < -0.4 is 10.5 Å². The van der Waals surface area contributed by atoms with E-state index in [-0.39, 0.29) is 29.7 Å². The van der Waals surface area contributed by atoms with E-state index >= 15 is 0 Å². The summed E-state index contributed by atoms with van der Waals surface area (Å²) in [6, 6.07) is 4.52. The fourth-order valence-electron chi connectivity index (χ4n) is 3.56. The standard InChI is InChI=1S/C15H20FNO2/c1-9-6-15(7-10(2)18-9)8-13(17)12-4-3-11(16)5-14(12)19-15/h3-5,9-10,13H,6-8,17H2,1-2H3/t9?,10?,13-,15?/m0/s1. The van der Waals surface area contributed by atoms with Gasteiger partial charge in [0.1, 0.15) is 17.2 Å². The summed E-state index contributed by atoms with van der Waals surface area (Å²) in [5.41, 5.74) is 6.84. The van der Waals surface area contributed by atoms with Crippen molar-refractivity contribution < 1.29 is 13.9 Å². The lowest BCUT2D eigenvalue weighted by atomic mass is 9.79. The fourth-order valence-corrected chi connectivity index (χ4v) is 3.56. The van der Waals surface area contributed by atoms with Crippen molar-refractivity contribution in [2.45, 2.75) is 57.0 Å². The van der Waals surface area contributed by atoms with Gasteiger partial charge in [-0.1, -0.05) is 6.07 Å². The fraction of sp³-hybridized carbons (Fsp3) is 0.600. The lowest BCUT2D eigenvalue weighted by molar-refractivity contribution is -0.129. The number of halogens is 1. The second-order valence-electron chi connectivity index (χ2n) is 5.94. The second kappa shape index (κ2) is 4.46. The molecule has 2 unspecified atom stereocenters. The van der Waals surface area contributed by atoms with Crippen LogP contribution in [0.2, 0.25) is 0 Å². The number of nitrogens with two attached hydrogens (primary N) is 1. The number of fused-ring (bicyclic) bond motifs is 1. The van der Waals surface area contributed by atoms with Gasteiger partial charge in [0.25, 0.3) is 0 Å². The van der Waals surface area contributed by atoms with E-state index in [0.717, 1.165) is 24.8 Å². The van der Waals surface area contributed by atoms with Gasteiger partial charge in [0, 0.05) is 36.9 Å². The first-order valence-electron chi connectivity index (χ1n) is 6.87. The molecule has 2 N–H and O–H groups in total. The van der Waals surface area contributed by atoms with Gasteiger partial charge in [-0.25, -0.2) is 4.39 Å². The molecule has 0 saturated carbocycles. The van der Waals surface area contributed by atoms with Crippen LogP contribution in [0, 0.1) is 5.82 Å². The van der Waals surface area contributed by atoms with Gasteiger partial charge in [0.05, 0.1) is 12.2 Å². The Morgan fingerprint density at radius 1 is 1.21 bits per heavy atom. The minimum atomic E-state index is -0.308. The van der Waals surface area contributed by atoms with Crippen LogP contribution in [0.4, 0.5) is 4.39 Å². The Balaban J connectivity index is 1.95. The summed E-state index contributed by atoms with van der Waals surface area (Å²) in [5, 5.41) is 0. The summed E-state index contributed by atoms with van der Waals surface area (Å²) < 4.78 is 25.3. The Morgan fingerprint density at radius 2 is 1.89 bits per heavy atom. The van der Waals surface area contributed by atoms with Crippen molar-refractivity contribution >= 4 is 0 Å². The van der Waals surface area contributed by atoms with Crippen molar-refractivity contribution in [3.05, 3.63) is 29.6 Å². The predicted octanol–water partition coefficient (Wildman–Crippen LogP) is 2.93. The van der Waals surface area contributed by atoms with Crippen LogP contribution >= 0.6 is 0 Å². The average Bonchev–Trinajstić information content (AvgIpc) is 2.25. The molecule has 3 nitrogen and oxygen atoms in total. The minimum Gasteiger partial charge on any atom is -0.487 e. The van der Waals surface area contributed by atoms with Crippen molar-refractivity contribution in [1.82, 2.24) is 0 Å². The van der Waals surface area contributed by atoms with Gasteiger partial charge in [-0.2, -0.15) is 0 Å². The van der Waals surface area contributed by atoms with Crippen LogP contribution in [0.3, 0.4) is 0 Å². The Bertz CT molecular complexity index is 481. The molecule has 19 heavy (non-hydrogen) atoms. The van der Waals surface area contributed by atoms with E-state index in [4.69, 9.17) is 15.2 Å². The third kappa shape index (κ3) is 2.35. The molecule has 1 spiro atoms. The van der Waals surface area contributed by atoms with E-state index in [1.807, 2.05) is 13.8 Å². The van der Waals surface area contributed by atoms with Crippen LogP contribution in [-0.4, -0.2) is 17.8 Å². The maximum absolute atomic E-state index is 13.4. The first-order valence-corrected chi connectivity index (χ1v) is 6.87. The van der Waals surface area contributed by atoms with E-state index in [2.05, 4.69) is 0 Å². The highest BCUT2D eigenvalue weighted by Crippen LogP contribution is 2.45. The van der Waals surface area contributed by atoms with Crippen LogP contribution in [-0.2, 0) is 4.74 Å². The van der Waals surface area contributed by atoms with Crippen LogP contribution in [0.5, 0.6) is 5.75 Å². The molecule has 1 fully saturated rings. The lowest BCUT2D eigenvalue weighted by Crippen LogP contribution is -2.51. The molecule has 104 valence electrons. The molecule has 3 rings (SSSR count). The maximum Gasteiger partial charge on any atom is 0.127 e. The Labute approximate surface area is 112 Å². The van der Waals surface area contributed by atoms with Gasteiger partial charge >= 0.3 is 0 Å². The molecule has 0 bridgehead atoms. The molecule has 0 radical (unpaired) electrons. The molecular weight excluding hydrogens is 245 g/mol. The molecule has 1 saturated heterocycles. The Kier molecular flexibility index (Phi) is 3.02. The number of benzene rings is 1. The first kappa shape index (κ1) is 12.9. The van der Waals surface area contributed by atoms with E-state index in [0.29, 0.717) is 5.75 Å². The van der Waals surface area contributed by atoms with Gasteiger partial charge in [-0.15, -0.1) is 0 Å². The van der Waals surface area contributed by atoms with Gasteiger partial charge in [0.15, 0.2) is 0 Å². The molecule has 2 heterocycles. The zero-order valence-corrected chi connectivity index (χ0v) is 11.4. The highest BCUT2D eigenvalue weighted by atomic mass is 19.1. The van der Waals surface area contributed by atoms with E-state index in [1.165, 1.54) is 12.1 Å². The molecular formula is C15H20FNO2. The van der Waals surface area contributed by atoms with Gasteiger partial charge < -0.3 is 15.2 Å². The van der Waals surface area contributed by atoms with Crippen LogP contribution in [0.25, 0.3) is 0 Å². The zero-order chi connectivity index (χ0) is 13.6. The molecule has 1 aromatic carbocycles. The van der Waals surface area contributed by atoms with Crippen molar-refractivity contribution in [3.8, 4) is 5.75 Å². The van der Waals surface area contributed by atoms with E-state index in [9.17, 15) is 4.39 Å². The molecule has 0 aliphatic carbocycles. The third-order valence-electron chi connectivity index (χ3n) is 4.08. The van der Waals surface area contributed by atoms with Crippen molar-refractivity contribution in [2.24, 2.45) is 5.73 Å². The SMILES string of the molecule is CC1CC2(CC(C)O1)C[C@H](N)c1ccc(F)cc1O2. The summed E-state index contributed by atoms with van der Waals surface area (Å²) in [4.78, 5) is 0. The second-order valence-corrected chi connectivity index (χ2v) is 5.94. The molecule has 0 amide bonds. The number of hydrogen-bond acceptors (Lipinski definition) is 3. The molecule has 1 aromatic rings. The van der Waals surface area contributed by atoms with Crippen LogP contribution in [0.15, 0.2) is 18.2 Å². The van der Waals surface area contributed by atoms with Crippen molar-refractivity contribution in [1.29, 1.82) is 0 Å². The summed E-state index contributed by atoms with van der Waals surface area (Å²) in [6.45, 7) is 4.10. The van der Waals surface area contributed by atoms with Crippen LogP contribution in [0.1, 0.15) is 44.7 Å². The van der Waals surface area contributed by atoms with E-state index in [1.54, 1.807) is 6.07 Å². The molecule has 0 aromatic heterocycles. The first-order chi connectivity index (χ1) is 8.97. The molecule has 2 aliphatic rings. The molecule has 3 atom stereocenters. The monoisotopic (exact) mass is 265 g/mol. The van der Waals surface area contributed by atoms with Gasteiger partial charge in [0.2, 0.25) is 0 Å². The third-order valence-corrected chi connectivity index (χ3v) is 4.08. The summed E-state index contributed by atoms with van der Waals surface area (Å²) in [5.74, 6) is 0.316. The number of hydrogen-bond donors (Lipinski definition) is 1. The molecule has 2 aliphatic heterocycles. The van der Waals surface area contributed by atoms with Crippen molar-refractivity contribution in [3.63, 3.8) is 0 Å². The largest absolute Gasteiger partial charge is 0.487 e. The summed E-state index contributed by atoms with van der Waals surface area (Å²) in [7, 11) is 0. The lowest BCUT2D eigenvalue weighted by Gasteiger charge is -2.47. The number of rotatable bonds is 0. The topological polar surface area (TPSA) is 44.5 Å². The highest BCUT2D eigenvalue weighted by Gasteiger charge is 2.45. The highest BCUT2D eigenvalue weighted by molar-refractivity contribution is 5.39. The minimum absolute atomic E-state index is 0.0955. The normalized spacial score (nSPS) is 37.8. The Morgan fingerprint density at radius 3 is 2.58 bits per heavy atom. The van der Waals surface area contributed by atoms with Gasteiger partial charge in [-0.3, -0.25) is 0 Å².